The number of esters is 2. The molecule has 1 heterocycles. The van der Waals surface area contributed by atoms with Crippen molar-refractivity contribution < 1.29 is 31.9 Å². The monoisotopic (exact) mass is 395 g/mol. The van der Waals surface area contributed by atoms with Crippen molar-refractivity contribution in [2.45, 2.75) is 32.6 Å². The van der Waals surface area contributed by atoms with Crippen LogP contribution in [0.5, 0.6) is 0 Å². The van der Waals surface area contributed by atoms with Crippen LogP contribution in [-0.4, -0.2) is 33.6 Å². The summed E-state index contributed by atoms with van der Waals surface area (Å²) in [7, 11) is -4.05. The molecule has 0 amide bonds. The van der Waals surface area contributed by atoms with Crippen LogP contribution in [0.2, 0.25) is 0 Å². The fourth-order valence-electron chi connectivity index (χ4n) is 2.36. The van der Waals surface area contributed by atoms with Crippen molar-refractivity contribution in [3.8, 4) is 0 Å². The molecule has 1 aromatic carbocycles. The lowest BCUT2D eigenvalue weighted by molar-refractivity contribution is 0.0480. The maximum Gasteiger partial charge on any atom is 0.344 e. The van der Waals surface area contributed by atoms with Crippen LogP contribution < -0.4 is 4.72 Å². The van der Waals surface area contributed by atoms with Crippen LogP contribution in [-0.2, 0) is 19.5 Å². The van der Waals surface area contributed by atoms with Gasteiger partial charge in [-0.3, -0.25) is 0 Å². The quantitative estimate of drug-likeness (QED) is 0.717. The van der Waals surface area contributed by atoms with Gasteiger partial charge in [-0.15, -0.1) is 0 Å². The molecule has 0 aliphatic rings. The molecule has 0 fully saturated rings. The largest absolute Gasteiger partial charge is 0.462 e. The van der Waals surface area contributed by atoms with Crippen molar-refractivity contribution in [2.24, 2.45) is 0 Å². The molecule has 2 aromatic rings. The first kappa shape index (κ1) is 20.5. The number of benzene rings is 1. The summed E-state index contributed by atoms with van der Waals surface area (Å²) in [5, 5.41) is 0. The first-order valence-electron chi connectivity index (χ1n) is 8.28. The lowest BCUT2D eigenvalue weighted by Crippen LogP contribution is -2.18. The number of sulfonamides is 1. The van der Waals surface area contributed by atoms with Gasteiger partial charge in [-0.25, -0.2) is 22.7 Å². The highest BCUT2D eigenvalue weighted by Gasteiger charge is 2.32. The second-order valence-corrected chi connectivity index (χ2v) is 7.28. The van der Waals surface area contributed by atoms with Crippen LogP contribution in [0, 0.1) is 13.8 Å². The highest BCUT2D eigenvalue weighted by molar-refractivity contribution is 7.92. The SMILES string of the molecule is CCOC(=O)c1c(C)oc(NS(=O)(=O)c2ccc(C)cc2)c1C(=O)OCC. The Morgan fingerprint density at radius 2 is 1.48 bits per heavy atom. The molecule has 0 spiro atoms. The van der Waals surface area contributed by atoms with Crippen molar-refractivity contribution in [3.63, 3.8) is 0 Å². The van der Waals surface area contributed by atoms with E-state index in [0.717, 1.165) is 5.56 Å². The highest BCUT2D eigenvalue weighted by Crippen LogP contribution is 2.30. The van der Waals surface area contributed by atoms with Gasteiger partial charge in [0.25, 0.3) is 10.0 Å². The van der Waals surface area contributed by atoms with Gasteiger partial charge in [0.05, 0.1) is 18.1 Å². The molecule has 0 radical (unpaired) electrons. The minimum Gasteiger partial charge on any atom is -0.462 e. The Labute approximate surface area is 157 Å². The van der Waals surface area contributed by atoms with Crippen molar-refractivity contribution in [1.82, 2.24) is 0 Å². The average molecular weight is 395 g/mol. The van der Waals surface area contributed by atoms with E-state index in [1.54, 1.807) is 26.0 Å². The third-order valence-electron chi connectivity index (χ3n) is 3.60. The van der Waals surface area contributed by atoms with Gasteiger partial charge in [-0.05, 0) is 39.8 Å². The van der Waals surface area contributed by atoms with E-state index in [4.69, 9.17) is 13.9 Å². The van der Waals surface area contributed by atoms with E-state index < -0.39 is 27.8 Å². The molecule has 0 bridgehead atoms. The standard InChI is InChI=1S/C18H21NO7S/c1-5-24-17(20)14-12(4)26-16(15(14)18(21)25-6-2)19-27(22,23)13-9-7-11(3)8-10-13/h7-10,19H,5-6H2,1-4H3. The summed E-state index contributed by atoms with van der Waals surface area (Å²) in [6.45, 7) is 6.57. The van der Waals surface area contributed by atoms with Crippen LogP contribution in [0.3, 0.4) is 0 Å². The zero-order chi connectivity index (χ0) is 20.2. The van der Waals surface area contributed by atoms with E-state index in [9.17, 15) is 18.0 Å². The van der Waals surface area contributed by atoms with Crippen molar-refractivity contribution >= 4 is 27.8 Å². The van der Waals surface area contributed by atoms with Crippen molar-refractivity contribution in [1.29, 1.82) is 0 Å². The maximum atomic E-state index is 12.6. The molecule has 0 saturated carbocycles. The molecule has 0 atom stereocenters. The Bertz CT molecular complexity index is 943. The molecule has 0 unspecified atom stereocenters. The number of carbonyl (C=O) groups excluding carboxylic acids is 2. The number of nitrogens with one attached hydrogen (secondary N) is 1. The van der Waals surface area contributed by atoms with Crippen LogP contribution >= 0.6 is 0 Å². The fourth-order valence-corrected chi connectivity index (χ4v) is 3.36. The van der Waals surface area contributed by atoms with Gasteiger partial charge in [-0.2, -0.15) is 0 Å². The van der Waals surface area contributed by atoms with Crippen LogP contribution in [0.15, 0.2) is 33.6 Å². The number of rotatable bonds is 7. The molecule has 0 aliphatic carbocycles. The van der Waals surface area contributed by atoms with Gasteiger partial charge in [0, 0.05) is 0 Å². The number of hydrogen-bond acceptors (Lipinski definition) is 7. The van der Waals surface area contributed by atoms with Gasteiger partial charge in [0.1, 0.15) is 16.9 Å². The second-order valence-electron chi connectivity index (χ2n) is 5.60. The van der Waals surface area contributed by atoms with E-state index in [-0.39, 0.29) is 35.0 Å². The summed E-state index contributed by atoms with van der Waals surface area (Å²) in [4.78, 5) is 24.5. The molecule has 1 aromatic heterocycles. The summed E-state index contributed by atoms with van der Waals surface area (Å²) in [6.07, 6.45) is 0. The molecular weight excluding hydrogens is 374 g/mol. The predicted molar refractivity (Wildman–Crippen MR) is 97.3 cm³/mol. The number of anilines is 1. The smallest absolute Gasteiger partial charge is 0.344 e. The first-order valence-corrected chi connectivity index (χ1v) is 9.76. The molecule has 0 aliphatic heterocycles. The number of carbonyl (C=O) groups is 2. The van der Waals surface area contributed by atoms with Gasteiger partial charge >= 0.3 is 11.9 Å². The van der Waals surface area contributed by atoms with Crippen LogP contribution in [0.1, 0.15) is 45.9 Å². The van der Waals surface area contributed by atoms with Gasteiger partial charge in [-0.1, -0.05) is 17.7 Å². The summed E-state index contributed by atoms with van der Waals surface area (Å²) in [6, 6.07) is 6.12. The second kappa shape index (κ2) is 8.26. The lowest BCUT2D eigenvalue weighted by Gasteiger charge is -2.08. The molecule has 146 valence electrons. The Morgan fingerprint density at radius 3 is 2.00 bits per heavy atom. The van der Waals surface area contributed by atoms with E-state index in [1.165, 1.54) is 19.1 Å². The number of furan rings is 1. The molecule has 0 saturated heterocycles. The zero-order valence-electron chi connectivity index (χ0n) is 15.5. The minimum absolute atomic E-state index is 0.0188. The Hall–Kier alpha value is -2.81. The normalized spacial score (nSPS) is 11.1. The topological polar surface area (TPSA) is 112 Å². The van der Waals surface area contributed by atoms with Gasteiger partial charge in [0.15, 0.2) is 0 Å². The number of hydrogen-bond donors (Lipinski definition) is 1. The number of ether oxygens (including phenoxy) is 2. The average Bonchev–Trinajstić information content (AvgIpc) is 2.91. The van der Waals surface area contributed by atoms with E-state index in [1.807, 2.05) is 6.92 Å². The van der Waals surface area contributed by atoms with Gasteiger partial charge < -0.3 is 13.9 Å². The van der Waals surface area contributed by atoms with Gasteiger partial charge in [0.2, 0.25) is 5.88 Å². The summed E-state index contributed by atoms with van der Waals surface area (Å²) < 4.78 is 42.7. The summed E-state index contributed by atoms with van der Waals surface area (Å²) >= 11 is 0. The Kier molecular flexibility index (Phi) is 6.27. The van der Waals surface area contributed by atoms with Crippen molar-refractivity contribution in [3.05, 3.63) is 46.7 Å². The van der Waals surface area contributed by atoms with Crippen LogP contribution in [0.25, 0.3) is 0 Å². The zero-order valence-corrected chi connectivity index (χ0v) is 16.3. The third kappa shape index (κ3) is 4.48. The van der Waals surface area contributed by atoms with Crippen molar-refractivity contribution in [2.75, 3.05) is 17.9 Å². The van der Waals surface area contributed by atoms with E-state index >= 15 is 0 Å². The molecule has 2 rings (SSSR count). The lowest BCUT2D eigenvalue weighted by atomic mass is 10.1. The molecule has 8 nitrogen and oxygen atoms in total. The Morgan fingerprint density at radius 1 is 0.963 bits per heavy atom. The van der Waals surface area contributed by atoms with E-state index in [2.05, 4.69) is 4.72 Å². The first-order chi connectivity index (χ1) is 12.7. The number of aryl methyl sites for hydroxylation is 2. The fraction of sp³-hybridized carbons (Fsp3) is 0.333. The predicted octanol–water partition coefficient (Wildman–Crippen LogP) is 3.05. The maximum absolute atomic E-state index is 12.6. The molecule has 27 heavy (non-hydrogen) atoms. The highest BCUT2D eigenvalue weighted by atomic mass is 32.2. The third-order valence-corrected chi connectivity index (χ3v) is 4.95. The van der Waals surface area contributed by atoms with E-state index in [0.29, 0.717) is 0 Å². The summed E-state index contributed by atoms with van der Waals surface area (Å²) in [5.74, 6) is -2.05. The summed E-state index contributed by atoms with van der Waals surface area (Å²) in [5.41, 5.74) is 0.403. The van der Waals surface area contributed by atoms with Crippen LogP contribution in [0.4, 0.5) is 5.88 Å². The molecule has 1 N–H and O–H groups in total. The Balaban J connectivity index is 2.52. The minimum atomic E-state index is -4.05. The molecule has 9 heteroatoms. The molecular formula is C18H21NO7S.